The van der Waals surface area contributed by atoms with E-state index >= 15 is 0 Å². The topological polar surface area (TPSA) is 106 Å². The molecule has 0 saturated heterocycles. The van der Waals surface area contributed by atoms with Gasteiger partial charge in [0.15, 0.2) is 0 Å². The second-order valence-corrected chi connectivity index (χ2v) is 5.98. The second-order valence-electron chi connectivity index (χ2n) is 5.33. The Kier molecular flexibility index (Phi) is 4.84. The lowest BCUT2D eigenvalue weighted by Gasteiger charge is -2.18. The Bertz CT molecular complexity index is 859. The number of benzene rings is 1. The van der Waals surface area contributed by atoms with Gasteiger partial charge in [0.25, 0.3) is 5.56 Å². The number of alkyl halides is 1. The number of fused-ring (bicyclic) bond motifs is 1. The van der Waals surface area contributed by atoms with E-state index in [9.17, 15) is 14.4 Å². The van der Waals surface area contributed by atoms with Gasteiger partial charge in [0.2, 0.25) is 4.87 Å². The van der Waals surface area contributed by atoms with Crippen LogP contribution < -0.4 is 10.3 Å². The molecule has 2 aromatic rings. The summed E-state index contributed by atoms with van der Waals surface area (Å²) in [7, 11) is 3.07. The molecule has 0 atom stereocenters. The second kappa shape index (κ2) is 6.52. The number of halogens is 1. The van der Waals surface area contributed by atoms with Gasteiger partial charge in [-0.2, -0.15) is 0 Å². The minimum atomic E-state index is -2.40. The van der Waals surface area contributed by atoms with Crippen molar-refractivity contribution < 1.29 is 24.5 Å². The highest BCUT2D eigenvalue weighted by atomic mass is 35.5. The van der Waals surface area contributed by atoms with Crippen LogP contribution in [0.5, 0.6) is 5.75 Å². The largest absolute Gasteiger partial charge is 0.495 e. The summed E-state index contributed by atoms with van der Waals surface area (Å²) in [6, 6.07) is 6.34. The first-order valence-electron chi connectivity index (χ1n) is 7.03. The molecule has 0 amide bonds. The maximum Gasteiger partial charge on any atom is 0.336 e. The number of ether oxygens (including phenoxy) is 1. The van der Waals surface area contributed by atoms with Crippen LogP contribution in [0.1, 0.15) is 12.0 Å². The molecule has 0 unspecified atom stereocenters. The molecule has 24 heavy (non-hydrogen) atoms. The summed E-state index contributed by atoms with van der Waals surface area (Å²) in [5, 5.41) is 18.8. The van der Waals surface area contributed by atoms with Gasteiger partial charge < -0.3 is 19.5 Å². The minimum absolute atomic E-state index is 0.112. The van der Waals surface area contributed by atoms with Crippen LogP contribution in [0.3, 0.4) is 0 Å². The van der Waals surface area contributed by atoms with Gasteiger partial charge in [0, 0.05) is 18.5 Å². The van der Waals surface area contributed by atoms with Gasteiger partial charge in [-0.1, -0.05) is 17.7 Å². The third kappa shape index (κ3) is 2.94. The van der Waals surface area contributed by atoms with Crippen LogP contribution in [0.2, 0.25) is 0 Å². The summed E-state index contributed by atoms with van der Waals surface area (Å²) >= 11 is 5.75. The molecule has 0 aliphatic rings. The highest BCUT2D eigenvalue weighted by Gasteiger charge is 2.44. The average molecular weight is 354 g/mol. The Morgan fingerprint density at radius 2 is 1.83 bits per heavy atom. The van der Waals surface area contributed by atoms with Crippen LogP contribution in [0.4, 0.5) is 0 Å². The van der Waals surface area contributed by atoms with Crippen molar-refractivity contribution in [2.45, 2.75) is 17.7 Å². The van der Waals surface area contributed by atoms with E-state index in [1.165, 1.54) is 17.7 Å². The summed E-state index contributed by atoms with van der Waals surface area (Å²) in [6.07, 6.45) is -0.190. The Morgan fingerprint density at radius 1 is 1.21 bits per heavy atom. The van der Waals surface area contributed by atoms with E-state index in [0.717, 1.165) is 0 Å². The van der Waals surface area contributed by atoms with Crippen molar-refractivity contribution in [1.82, 2.24) is 4.57 Å². The van der Waals surface area contributed by atoms with Gasteiger partial charge in [0.1, 0.15) is 5.75 Å². The van der Waals surface area contributed by atoms with E-state index in [1.807, 2.05) is 0 Å². The maximum atomic E-state index is 11.8. The number of aryl methyl sites for hydroxylation is 2. The third-order valence-electron chi connectivity index (χ3n) is 3.97. The fourth-order valence-electron chi connectivity index (χ4n) is 2.53. The molecule has 0 saturated carbocycles. The van der Waals surface area contributed by atoms with Gasteiger partial charge in [-0.05, 0) is 30.5 Å². The monoisotopic (exact) mass is 353 g/mol. The molecule has 1 aromatic heterocycles. The first-order chi connectivity index (χ1) is 11.2. The number of carboxylic acid groups (broad SMARTS) is 2. The Balaban J connectivity index is 2.52. The fourth-order valence-corrected chi connectivity index (χ4v) is 2.63. The summed E-state index contributed by atoms with van der Waals surface area (Å²) in [4.78, 5) is 31.8. The number of aromatic nitrogens is 1. The molecule has 0 bridgehead atoms. The molecule has 2 rings (SSSR count). The molecule has 0 radical (unpaired) electrons. The molecule has 7 nitrogen and oxygen atoms in total. The van der Waals surface area contributed by atoms with E-state index in [-0.39, 0.29) is 18.4 Å². The van der Waals surface area contributed by atoms with Gasteiger partial charge in [-0.25, -0.2) is 9.59 Å². The van der Waals surface area contributed by atoms with Crippen molar-refractivity contribution >= 4 is 34.4 Å². The van der Waals surface area contributed by atoms with Crippen LogP contribution in [-0.2, 0) is 23.1 Å². The lowest BCUT2D eigenvalue weighted by molar-refractivity contribution is -0.152. The van der Waals surface area contributed by atoms with E-state index in [4.69, 9.17) is 26.6 Å². The smallest absolute Gasteiger partial charge is 0.336 e. The summed E-state index contributed by atoms with van der Waals surface area (Å²) in [5.74, 6) is -2.73. The molecule has 0 spiro atoms. The molecular weight excluding hydrogens is 338 g/mol. The van der Waals surface area contributed by atoms with Crippen LogP contribution in [0, 0.1) is 0 Å². The Labute approximate surface area is 142 Å². The number of pyridine rings is 1. The Hall–Kier alpha value is -2.54. The van der Waals surface area contributed by atoms with Crippen LogP contribution in [-0.4, -0.2) is 38.7 Å². The SMILES string of the molecule is COc1ccc(CCC(Cl)(C(=O)O)C(=O)O)c2ccc(=O)n(C)c12. The number of carbonyl (C=O) groups is 2. The zero-order valence-corrected chi connectivity index (χ0v) is 13.8. The standard InChI is InChI=1S/C16H16ClNO6/c1-18-12(19)6-4-10-9(3-5-11(24-2)13(10)18)7-8-16(17,14(20)21)15(22)23/h3-6H,7-8H2,1-2H3,(H,20,21)(H,22,23). The van der Waals surface area contributed by atoms with Crippen molar-refractivity contribution in [3.05, 3.63) is 40.2 Å². The zero-order valence-electron chi connectivity index (χ0n) is 13.1. The summed E-state index contributed by atoms with van der Waals surface area (Å²) in [6.45, 7) is 0. The molecule has 1 heterocycles. The quantitative estimate of drug-likeness (QED) is 0.604. The van der Waals surface area contributed by atoms with Crippen molar-refractivity contribution in [2.75, 3.05) is 7.11 Å². The van der Waals surface area contributed by atoms with Crippen molar-refractivity contribution in [2.24, 2.45) is 7.05 Å². The summed E-state index contributed by atoms with van der Waals surface area (Å²) in [5.41, 5.74) is 1.00. The predicted octanol–water partition coefficient (Wildman–Crippen LogP) is 1.63. The number of hydrogen-bond donors (Lipinski definition) is 2. The predicted molar refractivity (Wildman–Crippen MR) is 87.9 cm³/mol. The number of aliphatic carboxylic acids is 2. The number of rotatable bonds is 6. The number of methoxy groups -OCH3 is 1. The third-order valence-corrected chi connectivity index (χ3v) is 4.48. The zero-order chi connectivity index (χ0) is 18.1. The summed E-state index contributed by atoms with van der Waals surface area (Å²) < 4.78 is 6.68. The van der Waals surface area contributed by atoms with Crippen molar-refractivity contribution in [3.8, 4) is 5.75 Å². The highest BCUT2D eigenvalue weighted by molar-refractivity contribution is 6.44. The molecular formula is C16H16ClNO6. The van der Waals surface area contributed by atoms with E-state index in [0.29, 0.717) is 22.2 Å². The lowest BCUT2D eigenvalue weighted by Crippen LogP contribution is -2.41. The number of carboxylic acids is 2. The van der Waals surface area contributed by atoms with Crippen LogP contribution >= 0.6 is 11.6 Å². The van der Waals surface area contributed by atoms with Crippen molar-refractivity contribution in [1.29, 1.82) is 0 Å². The normalized spacial score (nSPS) is 11.5. The van der Waals surface area contributed by atoms with Crippen LogP contribution in [0.25, 0.3) is 10.9 Å². The average Bonchev–Trinajstić information content (AvgIpc) is 2.55. The van der Waals surface area contributed by atoms with Gasteiger partial charge in [0.05, 0.1) is 12.6 Å². The molecule has 0 fully saturated rings. The van der Waals surface area contributed by atoms with Gasteiger partial charge in [-0.15, -0.1) is 0 Å². The lowest BCUT2D eigenvalue weighted by atomic mass is 9.96. The first kappa shape index (κ1) is 17.8. The maximum absolute atomic E-state index is 11.8. The highest BCUT2D eigenvalue weighted by Crippen LogP contribution is 2.30. The number of nitrogens with zero attached hydrogens (tertiary/aromatic N) is 1. The van der Waals surface area contributed by atoms with E-state index in [2.05, 4.69) is 0 Å². The van der Waals surface area contributed by atoms with Crippen LogP contribution in [0.15, 0.2) is 29.1 Å². The van der Waals surface area contributed by atoms with Crippen molar-refractivity contribution in [3.63, 3.8) is 0 Å². The molecule has 0 aliphatic heterocycles. The number of hydrogen-bond acceptors (Lipinski definition) is 4. The van der Waals surface area contributed by atoms with Gasteiger partial charge in [-0.3, -0.25) is 4.79 Å². The molecule has 128 valence electrons. The molecule has 0 aliphatic carbocycles. The molecule has 2 N–H and O–H groups in total. The fraction of sp³-hybridized carbons (Fsp3) is 0.312. The Morgan fingerprint density at radius 3 is 2.38 bits per heavy atom. The molecule has 8 heteroatoms. The molecule has 1 aromatic carbocycles. The van der Waals surface area contributed by atoms with E-state index in [1.54, 1.807) is 25.2 Å². The van der Waals surface area contributed by atoms with E-state index < -0.39 is 16.8 Å². The van der Waals surface area contributed by atoms with Gasteiger partial charge >= 0.3 is 11.9 Å². The first-order valence-corrected chi connectivity index (χ1v) is 7.41. The minimum Gasteiger partial charge on any atom is -0.495 e.